The summed E-state index contributed by atoms with van der Waals surface area (Å²) in [6.45, 7) is 5.90. The zero-order valence-electron chi connectivity index (χ0n) is 9.90. The van der Waals surface area contributed by atoms with Crippen molar-refractivity contribution in [1.82, 2.24) is 5.32 Å². The molecule has 0 aliphatic carbocycles. The van der Waals surface area contributed by atoms with E-state index >= 15 is 0 Å². The van der Waals surface area contributed by atoms with E-state index in [1.54, 1.807) is 0 Å². The highest BCUT2D eigenvalue weighted by Gasteiger charge is 2.13. The predicted octanol–water partition coefficient (Wildman–Crippen LogP) is 1.76. The number of furan rings is 1. The van der Waals surface area contributed by atoms with Crippen LogP contribution in [0.5, 0.6) is 0 Å². The minimum absolute atomic E-state index is 0.107. The maximum absolute atomic E-state index is 8.45. The molecule has 0 aromatic carbocycles. The van der Waals surface area contributed by atoms with Gasteiger partial charge in [-0.1, -0.05) is 5.16 Å². The van der Waals surface area contributed by atoms with E-state index in [9.17, 15) is 0 Å². The fourth-order valence-corrected chi connectivity index (χ4v) is 1.61. The molecule has 1 aromatic heterocycles. The molecule has 1 rings (SSSR count). The lowest BCUT2D eigenvalue weighted by atomic mass is 10.1. The number of nitrogens with zero attached hydrogens (tertiary/aromatic N) is 1. The molecule has 0 fully saturated rings. The summed E-state index contributed by atoms with van der Waals surface area (Å²) in [7, 11) is 0. The second-order valence-electron chi connectivity index (χ2n) is 4.03. The average Bonchev–Trinajstić information content (AvgIpc) is 2.64. The normalized spacial score (nSPS) is 16.1. The summed E-state index contributed by atoms with van der Waals surface area (Å²) >= 11 is 0. The van der Waals surface area contributed by atoms with Crippen molar-refractivity contribution in [3.05, 3.63) is 23.7 Å². The Balaban J connectivity index is 2.48. The molecule has 0 bridgehead atoms. The van der Waals surface area contributed by atoms with Crippen LogP contribution in [0.4, 0.5) is 0 Å². The monoisotopic (exact) mass is 225 g/mol. The van der Waals surface area contributed by atoms with Crippen LogP contribution in [0.3, 0.4) is 0 Å². The van der Waals surface area contributed by atoms with Gasteiger partial charge in [0, 0.05) is 12.5 Å². The molecule has 0 radical (unpaired) electrons. The number of rotatable bonds is 5. The first-order valence-electron chi connectivity index (χ1n) is 5.31. The van der Waals surface area contributed by atoms with Gasteiger partial charge >= 0.3 is 0 Å². The molecule has 0 spiro atoms. The Kier molecular flexibility index (Phi) is 4.37. The molecular formula is C11H19N3O2. The van der Waals surface area contributed by atoms with Gasteiger partial charge in [-0.3, -0.25) is 0 Å². The Morgan fingerprint density at radius 2 is 2.25 bits per heavy atom. The maximum atomic E-state index is 8.45. The molecule has 4 N–H and O–H groups in total. The summed E-state index contributed by atoms with van der Waals surface area (Å²) in [5.74, 6) is 2.01. The molecule has 2 unspecified atom stereocenters. The van der Waals surface area contributed by atoms with E-state index in [2.05, 4.69) is 10.5 Å². The summed E-state index contributed by atoms with van der Waals surface area (Å²) in [6, 6.07) is 4.11. The van der Waals surface area contributed by atoms with Gasteiger partial charge in [-0.2, -0.15) is 0 Å². The third-order valence-corrected chi connectivity index (χ3v) is 2.37. The van der Waals surface area contributed by atoms with Crippen LogP contribution in [0.1, 0.15) is 37.8 Å². The van der Waals surface area contributed by atoms with Crippen molar-refractivity contribution < 1.29 is 9.62 Å². The molecule has 0 saturated carbocycles. The SMILES string of the molecule is Cc1ccc(C(C)NC(C)CC(N)=NO)o1. The van der Waals surface area contributed by atoms with E-state index in [1.807, 2.05) is 32.9 Å². The zero-order valence-corrected chi connectivity index (χ0v) is 9.90. The molecule has 1 aromatic rings. The van der Waals surface area contributed by atoms with Crippen LogP contribution in [0.25, 0.3) is 0 Å². The Morgan fingerprint density at radius 1 is 1.56 bits per heavy atom. The molecule has 5 nitrogen and oxygen atoms in total. The van der Waals surface area contributed by atoms with Crippen LogP contribution in [-0.2, 0) is 0 Å². The standard InChI is InChI=1S/C11H19N3O2/c1-7(6-11(12)14-15)13-9(3)10-5-4-8(2)16-10/h4-5,7,9,13,15H,6H2,1-3H3,(H2,12,14). The molecule has 1 heterocycles. The third kappa shape index (κ3) is 3.58. The Bertz CT molecular complexity index is 360. The number of amidine groups is 1. The summed E-state index contributed by atoms with van der Waals surface area (Å²) < 4.78 is 5.50. The average molecular weight is 225 g/mol. The molecule has 90 valence electrons. The van der Waals surface area contributed by atoms with E-state index in [1.165, 1.54) is 0 Å². The molecule has 0 aliphatic heterocycles. The number of aryl methyl sites for hydroxylation is 1. The van der Waals surface area contributed by atoms with Crippen LogP contribution in [0.15, 0.2) is 21.7 Å². The molecule has 0 saturated heterocycles. The highest BCUT2D eigenvalue weighted by atomic mass is 16.4. The summed E-state index contributed by atoms with van der Waals surface area (Å²) in [5, 5.41) is 14.7. The van der Waals surface area contributed by atoms with Crippen molar-refractivity contribution in [2.45, 2.75) is 39.3 Å². The second-order valence-corrected chi connectivity index (χ2v) is 4.03. The molecule has 2 atom stereocenters. The lowest BCUT2D eigenvalue weighted by Crippen LogP contribution is -2.32. The van der Waals surface area contributed by atoms with Crippen molar-refractivity contribution in [3.8, 4) is 0 Å². The van der Waals surface area contributed by atoms with Gasteiger partial charge in [0.2, 0.25) is 0 Å². The summed E-state index contributed by atoms with van der Waals surface area (Å²) in [5.41, 5.74) is 5.43. The Morgan fingerprint density at radius 3 is 2.75 bits per heavy atom. The first-order chi connectivity index (χ1) is 7.52. The third-order valence-electron chi connectivity index (χ3n) is 2.37. The fraction of sp³-hybridized carbons (Fsp3) is 0.545. The smallest absolute Gasteiger partial charge is 0.140 e. The minimum Gasteiger partial charge on any atom is -0.465 e. The van der Waals surface area contributed by atoms with Gasteiger partial charge in [0.05, 0.1) is 6.04 Å². The number of hydrogen-bond donors (Lipinski definition) is 3. The van der Waals surface area contributed by atoms with Crippen LogP contribution in [0, 0.1) is 6.92 Å². The number of nitrogens with two attached hydrogens (primary N) is 1. The van der Waals surface area contributed by atoms with Crippen LogP contribution in [-0.4, -0.2) is 17.1 Å². The van der Waals surface area contributed by atoms with Gasteiger partial charge in [-0.25, -0.2) is 0 Å². The second kappa shape index (κ2) is 5.55. The lowest BCUT2D eigenvalue weighted by molar-refractivity contribution is 0.315. The zero-order chi connectivity index (χ0) is 12.1. The summed E-state index contributed by atoms with van der Waals surface area (Å²) in [4.78, 5) is 0. The quantitative estimate of drug-likeness (QED) is 0.308. The number of nitrogens with one attached hydrogen (secondary N) is 1. The van der Waals surface area contributed by atoms with E-state index in [0.29, 0.717) is 6.42 Å². The van der Waals surface area contributed by atoms with Gasteiger partial charge < -0.3 is 20.7 Å². The lowest BCUT2D eigenvalue weighted by Gasteiger charge is -2.17. The van der Waals surface area contributed by atoms with Crippen molar-refractivity contribution in [1.29, 1.82) is 0 Å². The van der Waals surface area contributed by atoms with Gasteiger partial charge in [0.15, 0.2) is 0 Å². The first kappa shape index (κ1) is 12.6. The van der Waals surface area contributed by atoms with E-state index < -0.39 is 0 Å². The predicted molar refractivity (Wildman–Crippen MR) is 62.5 cm³/mol. The van der Waals surface area contributed by atoms with E-state index in [0.717, 1.165) is 11.5 Å². The largest absolute Gasteiger partial charge is 0.465 e. The van der Waals surface area contributed by atoms with Crippen LogP contribution < -0.4 is 11.1 Å². The fourth-order valence-electron chi connectivity index (χ4n) is 1.61. The van der Waals surface area contributed by atoms with Crippen LogP contribution in [0.2, 0.25) is 0 Å². The maximum Gasteiger partial charge on any atom is 0.140 e. The van der Waals surface area contributed by atoms with E-state index in [4.69, 9.17) is 15.4 Å². The molecule has 5 heteroatoms. The highest BCUT2D eigenvalue weighted by Crippen LogP contribution is 2.16. The van der Waals surface area contributed by atoms with Crippen molar-refractivity contribution in [2.24, 2.45) is 10.9 Å². The molecule has 16 heavy (non-hydrogen) atoms. The first-order valence-corrected chi connectivity index (χ1v) is 5.31. The number of oxime groups is 1. The molecule has 0 amide bonds. The van der Waals surface area contributed by atoms with Crippen molar-refractivity contribution in [2.75, 3.05) is 0 Å². The van der Waals surface area contributed by atoms with Gasteiger partial charge in [0.25, 0.3) is 0 Å². The molecular weight excluding hydrogens is 206 g/mol. The molecule has 0 aliphatic rings. The van der Waals surface area contributed by atoms with Crippen molar-refractivity contribution >= 4 is 5.84 Å². The topological polar surface area (TPSA) is 83.8 Å². The summed E-state index contributed by atoms with van der Waals surface area (Å²) in [6.07, 6.45) is 0.501. The Labute approximate surface area is 95.3 Å². The van der Waals surface area contributed by atoms with Gasteiger partial charge in [-0.05, 0) is 32.9 Å². The van der Waals surface area contributed by atoms with Crippen molar-refractivity contribution in [3.63, 3.8) is 0 Å². The highest BCUT2D eigenvalue weighted by molar-refractivity contribution is 5.80. The minimum atomic E-state index is 0.107. The van der Waals surface area contributed by atoms with Gasteiger partial charge in [-0.15, -0.1) is 0 Å². The Hall–Kier alpha value is -1.49. The van der Waals surface area contributed by atoms with Crippen LogP contribution >= 0.6 is 0 Å². The van der Waals surface area contributed by atoms with Gasteiger partial charge in [0.1, 0.15) is 17.4 Å². The number of hydrogen-bond acceptors (Lipinski definition) is 4. The van der Waals surface area contributed by atoms with E-state index in [-0.39, 0.29) is 17.9 Å².